The number of ether oxygens (including phenoxy) is 1. The summed E-state index contributed by atoms with van der Waals surface area (Å²) in [6.45, 7) is 1.43. The topological polar surface area (TPSA) is 82.3 Å². The van der Waals surface area contributed by atoms with Crippen LogP contribution < -0.4 is 9.88 Å². The third kappa shape index (κ3) is 2.27. The molecule has 0 aliphatic carbocycles. The van der Waals surface area contributed by atoms with E-state index in [0.717, 1.165) is 13.3 Å². The van der Waals surface area contributed by atoms with Gasteiger partial charge in [0.15, 0.2) is 0 Å². The van der Waals surface area contributed by atoms with Gasteiger partial charge < -0.3 is 4.74 Å². The predicted molar refractivity (Wildman–Crippen MR) is 51.9 cm³/mol. The van der Waals surface area contributed by atoms with Gasteiger partial charge in [0.2, 0.25) is 10.0 Å². The van der Waals surface area contributed by atoms with E-state index in [9.17, 15) is 17.2 Å². The summed E-state index contributed by atoms with van der Waals surface area (Å²) in [5.74, 6) is -0.262. The van der Waals surface area contributed by atoms with Gasteiger partial charge in [0.05, 0.1) is 18.4 Å². The SMILES string of the molecule is COc1c(C)ncc(S(N)(=O)=O)c1C(F)F. The van der Waals surface area contributed by atoms with Crippen molar-refractivity contribution >= 4 is 10.0 Å². The molecule has 0 spiro atoms. The number of hydrogen-bond donors (Lipinski definition) is 1. The van der Waals surface area contributed by atoms with E-state index in [4.69, 9.17) is 9.88 Å². The van der Waals surface area contributed by atoms with E-state index in [-0.39, 0.29) is 11.4 Å². The van der Waals surface area contributed by atoms with Gasteiger partial charge in [0.1, 0.15) is 10.6 Å². The lowest BCUT2D eigenvalue weighted by atomic mass is 10.2. The highest BCUT2D eigenvalue weighted by Gasteiger charge is 2.26. The fraction of sp³-hybridized carbons (Fsp3) is 0.375. The number of nitrogens with zero attached hydrogens (tertiary/aromatic N) is 1. The molecule has 0 atom stereocenters. The maximum absolute atomic E-state index is 12.8. The molecule has 0 aliphatic heterocycles. The quantitative estimate of drug-likeness (QED) is 0.869. The largest absolute Gasteiger partial charge is 0.494 e. The highest BCUT2D eigenvalue weighted by molar-refractivity contribution is 7.89. The van der Waals surface area contributed by atoms with E-state index in [1.165, 1.54) is 6.92 Å². The molecular formula is C8H10F2N2O3S. The minimum Gasteiger partial charge on any atom is -0.494 e. The van der Waals surface area contributed by atoms with Crippen LogP contribution in [-0.4, -0.2) is 20.5 Å². The van der Waals surface area contributed by atoms with Crippen molar-refractivity contribution in [1.29, 1.82) is 0 Å². The fourth-order valence-corrected chi connectivity index (χ4v) is 1.97. The zero-order chi connectivity index (χ0) is 12.5. The number of halogens is 2. The normalized spacial score (nSPS) is 11.9. The van der Waals surface area contributed by atoms with Gasteiger partial charge in [-0.25, -0.2) is 22.3 Å². The molecule has 0 fully saturated rings. The molecule has 0 aromatic carbocycles. The Bertz CT molecular complexity index is 502. The Morgan fingerprint density at radius 3 is 2.44 bits per heavy atom. The van der Waals surface area contributed by atoms with Crippen LogP contribution in [0.2, 0.25) is 0 Å². The number of nitrogens with two attached hydrogens (primary N) is 1. The standard InChI is InChI=1S/C8H10F2N2O3S/c1-4-7(15-2)6(8(9)10)5(3-12-4)16(11,13)14/h3,8H,1-2H3,(H2,11,13,14). The summed E-state index contributed by atoms with van der Waals surface area (Å²) in [6, 6.07) is 0. The van der Waals surface area contributed by atoms with Gasteiger partial charge in [0, 0.05) is 6.20 Å². The molecule has 0 unspecified atom stereocenters. The maximum atomic E-state index is 12.8. The summed E-state index contributed by atoms with van der Waals surface area (Å²) >= 11 is 0. The van der Waals surface area contributed by atoms with Gasteiger partial charge >= 0.3 is 0 Å². The van der Waals surface area contributed by atoms with E-state index < -0.39 is 26.9 Å². The van der Waals surface area contributed by atoms with Crippen molar-refractivity contribution in [2.24, 2.45) is 5.14 Å². The smallest absolute Gasteiger partial charge is 0.268 e. The third-order valence-electron chi connectivity index (χ3n) is 1.94. The molecule has 5 nitrogen and oxygen atoms in total. The van der Waals surface area contributed by atoms with Crippen LogP contribution >= 0.6 is 0 Å². The van der Waals surface area contributed by atoms with Crippen LogP contribution in [0, 0.1) is 6.92 Å². The summed E-state index contributed by atoms with van der Waals surface area (Å²) in [7, 11) is -3.09. The lowest BCUT2D eigenvalue weighted by molar-refractivity contribution is 0.143. The van der Waals surface area contributed by atoms with E-state index >= 15 is 0 Å². The molecule has 0 radical (unpaired) electrons. The van der Waals surface area contributed by atoms with Crippen LogP contribution in [0.1, 0.15) is 17.7 Å². The van der Waals surface area contributed by atoms with Crippen LogP contribution in [0.5, 0.6) is 5.75 Å². The predicted octanol–water partition coefficient (Wildman–Crippen LogP) is 0.984. The summed E-state index contributed by atoms with van der Waals surface area (Å²) in [5.41, 5.74) is -0.581. The molecule has 1 aromatic heterocycles. The molecule has 90 valence electrons. The average molecular weight is 252 g/mol. The van der Waals surface area contributed by atoms with Crippen LogP contribution in [0.4, 0.5) is 8.78 Å². The minimum atomic E-state index is -4.25. The number of hydrogen-bond acceptors (Lipinski definition) is 4. The van der Waals surface area contributed by atoms with Crippen molar-refractivity contribution in [3.63, 3.8) is 0 Å². The number of primary sulfonamides is 1. The van der Waals surface area contributed by atoms with Crippen LogP contribution in [0.25, 0.3) is 0 Å². The Hall–Kier alpha value is -1.28. The molecule has 0 aliphatic rings. The van der Waals surface area contributed by atoms with Crippen molar-refractivity contribution in [2.75, 3.05) is 7.11 Å². The second-order valence-corrected chi connectivity index (χ2v) is 4.53. The lowest BCUT2D eigenvalue weighted by Gasteiger charge is -2.13. The van der Waals surface area contributed by atoms with E-state index in [2.05, 4.69) is 4.98 Å². The summed E-state index contributed by atoms with van der Waals surface area (Å²) < 4.78 is 52.4. The second-order valence-electron chi connectivity index (χ2n) is 3.00. The number of alkyl halides is 2. The van der Waals surface area contributed by atoms with Gasteiger partial charge in [-0.2, -0.15) is 0 Å². The molecular weight excluding hydrogens is 242 g/mol. The monoisotopic (exact) mass is 252 g/mol. The van der Waals surface area contributed by atoms with Crippen molar-refractivity contribution in [2.45, 2.75) is 18.2 Å². The number of sulfonamides is 1. The van der Waals surface area contributed by atoms with Crippen LogP contribution in [0.15, 0.2) is 11.1 Å². The Balaban J connectivity index is 3.65. The van der Waals surface area contributed by atoms with Crippen molar-refractivity contribution < 1.29 is 21.9 Å². The maximum Gasteiger partial charge on any atom is 0.268 e. The molecule has 8 heteroatoms. The Morgan fingerprint density at radius 1 is 1.50 bits per heavy atom. The Morgan fingerprint density at radius 2 is 2.06 bits per heavy atom. The van der Waals surface area contributed by atoms with Gasteiger partial charge in [-0.1, -0.05) is 0 Å². The molecule has 0 amide bonds. The average Bonchev–Trinajstić information content (AvgIpc) is 2.14. The second kappa shape index (κ2) is 4.30. The highest BCUT2D eigenvalue weighted by atomic mass is 32.2. The Kier molecular flexibility index (Phi) is 3.44. The first kappa shape index (κ1) is 12.8. The van der Waals surface area contributed by atoms with Gasteiger partial charge in [-0.3, -0.25) is 4.98 Å². The number of aromatic nitrogens is 1. The molecule has 0 saturated heterocycles. The molecule has 16 heavy (non-hydrogen) atoms. The summed E-state index contributed by atoms with van der Waals surface area (Å²) in [4.78, 5) is 2.92. The molecule has 1 rings (SSSR count). The van der Waals surface area contributed by atoms with Gasteiger partial charge in [-0.05, 0) is 6.92 Å². The molecule has 0 saturated carbocycles. The van der Waals surface area contributed by atoms with Crippen molar-refractivity contribution in [1.82, 2.24) is 4.98 Å². The van der Waals surface area contributed by atoms with Crippen LogP contribution in [-0.2, 0) is 10.0 Å². The minimum absolute atomic E-state index is 0.171. The fourth-order valence-electron chi connectivity index (χ4n) is 1.28. The number of pyridine rings is 1. The number of methoxy groups -OCH3 is 1. The zero-order valence-corrected chi connectivity index (χ0v) is 9.38. The van der Waals surface area contributed by atoms with Crippen LogP contribution in [0.3, 0.4) is 0 Å². The Labute approximate surface area is 91.3 Å². The summed E-state index contributed by atoms with van der Waals surface area (Å²) in [6.07, 6.45) is -2.21. The van der Waals surface area contributed by atoms with Crippen molar-refractivity contribution in [3.05, 3.63) is 17.5 Å². The zero-order valence-electron chi connectivity index (χ0n) is 8.57. The molecule has 0 bridgehead atoms. The highest BCUT2D eigenvalue weighted by Crippen LogP contribution is 2.35. The molecule has 1 aromatic rings. The first-order valence-electron chi connectivity index (χ1n) is 4.13. The third-order valence-corrected chi connectivity index (χ3v) is 2.88. The first-order valence-corrected chi connectivity index (χ1v) is 5.68. The van der Waals surface area contributed by atoms with Gasteiger partial charge in [-0.15, -0.1) is 0 Å². The van der Waals surface area contributed by atoms with E-state index in [1.54, 1.807) is 0 Å². The number of rotatable bonds is 3. The molecule has 2 N–H and O–H groups in total. The van der Waals surface area contributed by atoms with E-state index in [0.29, 0.717) is 0 Å². The van der Waals surface area contributed by atoms with E-state index in [1.807, 2.05) is 0 Å². The first-order chi connectivity index (χ1) is 7.29. The summed E-state index contributed by atoms with van der Waals surface area (Å²) in [5, 5.41) is 4.81. The number of aryl methyl sites for hydroxylation is 1. The lowest BCUT2D eigenvalue weighted by Crippen LogP contribution is -2.16. The molecule has 1 heterocycles. The van der Waals surface area contributed by atoms with Crippen molar-refractivity contribution in [3.8, 4) is 5.75 Å². The van der Waals surface area contributed by atoms with Gasteiger partial charge in [0.25, 0.3) is 6.43 Å².